The van der Waals surface area contributed by atoms with E-state index in [1.165, 1.54) is 18.2 Å². The van der Waals surface area contributed by atoms with Gasteiger partial charge in [0.05, 0.1) is 92.1 Å². The third-order valence-electron chi connectivity index (χ3n) is 17.1. The van der Waals surface area contributed by atoms with E-state index in [0.717, 1.165) is 12.8 Å². The largest absolute Gasteiger partial charge is 0.394 e. The molecule has 2 saturated heterocycles. The molecule has 0 amide bonds. The number of unbranched alkanes of at least 4 members (excludes halogenated alkanes) is 4. The Morgan fingerprint density at radius 3 is 1.67 bits per heavy atom. The van der Waals surface area contributed by atoms with Crippen LogP contribution < -0.4 is 0 Å². The number of aliphatic hydroxyl groups excluding tert-OH is 21. The zero-order valence-electron chi connectivity index (χ0n) is 54.6. The van der Waals surface area contributed by atoms with Crippen molar-refractivity contribution in [2.24, 2.45) is 5.92 Å². The first-order chi connectivity index (χ1) is 44.1. The maximum atomic E-state index is 11.2. The van der Waals surface area contributed by atoms with Gasteiger partial charge in [-0.05, 0) is 121 Å². The zero-order chi connectivity index (χ0) is 69.6. The quantitative estimate of drug-likeness (QED) is 0.0233. The molecular formula is C70H118O23. The van der Waals surface area contributed by atoms with Crippen LogP contribution >= 0.6 is 0 Å². The number of aliphatic hydroxyl groups is 21. The summed E-state index contributed by atoms with van der Waals surface area (Å²) in [6.45, 7) is 10.3. The van der Waals surface area contributed by atoms with Gasteiger partial charge >= 0.3 is 0 Å². The topological polar surface area (TPSA) is 443 Å². The molecule has 0 bridgehead atoms. The average molecular weight is 1330 g/mol. The molecule has 23 nitrogen and oxygen atoms in total. The molecule has 2 aliphatic heterocycles. The first-order valence-corrected chi connectivity index (χ1v) is 33.3. The Bertz CT molecular complexity index is 2240. The van der Waals surface area contributed by atoms with Gasteiger partial charge in [0.15, 0.2) is 0 Å². The minimum Gasteiger partial charge on any atom is -0.394 e. The van der Waals surface area contributed by atoms with Crippen LogP contribution in [0.15, 0.2) is 122 Å². The van der Waals surface area contributed by atoms with Gasteiger partial charge in [0.2, 0.25) is 0 Å². The predicted octanol–water partition coefficient (Wildman–Crippen LogP) is 1.53. The third-order valence-corrected chi connectivity index (χ3v) is 17.1. The number of hydrogen-bond donors (Lipinski definition) is 21. The molecule has 14 unspecified atom stereocenters. The summed E-state index contributed by atoms with van der Waals surface area (Å²) in [7, 11) is 0. The second kappa shape index (κ2) is 48.2. The van der Waals surface area contributed by atoms with Crippen LogP contribution in [-0.2, 0) is 9.47 Å². The molecule has 0 aromatic heterocycles. The summed E-state index contributed by atoms with van der Waals surface area (Å²) in [6.07, 6.45) is 1.59. The van der Waals surface area contributed by atoms with Crippen LogP contribution in [0, 0.1) is 5.92 Å². The summed E-state index contributed by atoms with van der Waals surface area (Å²) in [4.78, 5) is 0. The number of allylic oxidation sites excluding steroid dienone is 11. The molecule has 23 heteroatoms. The van der Waals surface area contributed by atoms with E-state index in [4.69, 9.17) is 14.6 Å². The third kappa shape index (κ3) is 34.5. The molecule has 0 radical (unpaired) electrons. The second-order valence-electron chi connectivity index (χ2n) is 25.4. The SMILES string of the molecule is C=C/C=C/CC/C=C/C=C/C=C/CC/C=C/C(O)C(O)[C@@H]1OC(C(O)[C@H](O)C(=C)CCC(O)[C@H]2C[C@@H](O)C(O)[C@H](C(O)[C@H](O)/C=C(\C)CCC(O)CC(O)[C@H](O)[C@@H](C)CC(O)C(O)CCCCCC(O)CCCC(O)/C=C/CC(O)/C=C/C[C@H](O)CO)O2)C[C@@H](O)[C@H]1O. The number of ether oxygens (including phenoxy) is 2. The molecule has 25 atom stereocenters. The van der Waals surface area contributed by atoms with E-state index < -0.39 is 152 Å². The first kappa shape index (κ1) is 85.6. The smallest absolute Gasteiger partial charge is 0.115 e. The van der Waals surface area contributed by atoms with Crippen molar-refractivity contribution in [3.05, 3.63) is 122 Å². The van der Waals surface area contributed by atoms with Crippen molar-refractivity contribution in [1.29, 1.82) is 0 Å². The minimum atomic E-state index is -1.83. The lowest BCUT2D eigenvalue weighted by Gasteiger charge is -2.42. The minimum absolute atomic E-state index is 0.00463. The Labute approximate surface area is 550 Å². The summed E-state index contributed by atoms with van der Waals surface area (Å²) in [5, 5.41) is 223. The molecule has 2 aliphatic rings. The highest BCUT2D eigenvalue weighted by Crippen LogP contribution is 2.32. The van der Waals surface area contributed by atoms with Crippen LogP contribution in [-0.4, -0.2) is 260 Å². The van der Waals surface area contributed by atoms with Gasteiger partial charge in [-0.15, -0.1) is 0 Å². The van der Waals surface area contributed by atoms with Crippen LogP contribution in [0.2, 0.25) is 0 Å². The Kier molecular flexibility index (Phi) is 44.4. The first-order valence-electron chi connectivity index (χ1n) is 33.3. The van der Waals surface area contributed by atoms with Crippen LogP contribution in [0.4, 0.5) is 0 Å². The molecule has 2 rings (SSSR count). The second-order valence-corrected chi connectivity index (χ2v) is 25.4. The van der Waals surface area contributed by atoms with E-state index >= 15 is 0 Å². The fourth-order valence-electron chi connectivity index (χ4n) is 11.1. The summed E-state index contributed by atoms with van der Waals surface area (Å²) >= 11 is 0. The summed E-state index contributed by atoms with van der Waals surface area (Å²) in [6, 6.07) is 0. The average Bonchev–Trinajstić information content (AvgIpc) is 0.828. The van der Waals surface area contributed by atoms with Crippen molar-refractivity contribution in [2.45, 2.75) is 302 Å². The maximum absolute atomic E-state index is 11.2. The van der Waals surface area contributed by atoms with E-state index in [1.807, 2.05) is 42.5 Å². The summed E-state index contributed by atoms with van der Waals surface area (Å²) in [5.41, 5.74) is 0.480. The lowest BCUT2D eigenvalue weighted by atomic mass is 9.87. The van der Waals surface area contributed by atoms with Crippen molar-refractivity contribution in [2.75, 3.05) is 6.61 Å². The Morgan fingerprint density at radius 1 is 0.495 bits per heavy atom. The summed E-state index contributed by atoms with van der Waals surface area (Å²) < 4.78 is 11.6. The molecular weight excluding hydrogens is 1210 g/mol. The van der Waals surface area contributed by atoms with Crippen molar-refractivity contribution < 1.29 is 117 Å². The Hall–Kier alpha value is -3.52. The van der Waals surface area contributed by atoms with Gasteiger partial charge in [-0.3, -0.25) is 0 Å². The highest BCUT2D eigenvalue weighted by atomic mass is 16.6. The maximum Gasteiger partial charge on any atom is 0.115 e. The van der Waals surface area contributed by atoms with Crippen LogP contribution in [0.5, 0.6) is 0 Å². The highest BCUT2D eigenvalue weighted by Gasteiger charge is 2.47. The zero-order valence-corrected chi connectivity index (χ0v) is 54.6. The van der Waals surface area contributed by atoms with E-state index in [-0.39, 0.29) is 82.8 Å². The van der Waals surface area contributed by atoms with Crippen molar-refractivity contribution in [1.82, 2.24) is 0 Å². The Balaban J connectivity index is 1.77. The highest BCUT2D eigenvalue weighted by molar-refractivity contribution is 5.13. The van der Waals surface area contributed by atoms with Crippen LogP contribution in [0.1, 0.15) is 155 Å². The lowest BCUT2D eigenvalue weighted by molar-refractivity contribution is -0.234. The van der Waals surface area contributed by atoms with Crippen molar-refractivity contribution in [3.8, 4) is 0 Å². The van der Waals surface area contributed by atoms with Gasteiger partial charge in [-0.2, -0.15) is 0 Å². The van der Waals surface area contributed by atoms with Gasteiger partial charge in [0.1, 0.15) is 61.0 Å². The van der Waals surface area contributed by atoms with E-state index in [2.05, 4.69) is 19.2 Å². The Morgan fingerprint density at radius 2 is 1.04 bits per heavy atom. The van der Waals surface area contributed by atoms with Gasteiger partial charge in [0.25, 0.3) is 0 Å². The molecule has 0 spiro atoms. The summed E-state index contributed by atoms with van der Waals surface area (Å²) in [5.74, 6) is -0.676. The number of rotatable bonds is 49. The molecule has 21 N–H and O–H groups in total. The molecule has 536 valence electrons. The lowest BCUT2D eigenvalue weighted by Crippen LogP contribution is -2.59. The normalized spacial score (nSPS) is 26.9. The van der Waals surface area contributed by atoms with E-state index in [1.54, 1.807) is 44.2 Å². The fraction of sp³-hybridized carbons (Fsp3) is 0.714. The van der Waals surface area contributed by atoms with Gasteiger partial charge in [-0.25, -0.2) is 0 Å². The van der Waals surface area contributed by atoms with Gasteiger partial charge in [0, 0.05) is 19.3 Å². The molecule has 2 heterocycles. The van der Waals surface area contributed by atoms with Crippen molar-refractivity contribution >= 4 is 0 Å². The molecule has 2 fully saturated rings. The van der Waals surface area contributed by atoms with Crippen molar-refractivity contribution in [3.63, 3.8) is 0 Å². The number of hydrogen-bond acceptors (Lipinski definition) is 23. The predicted molar refractivity (Wildman–Crippen MR) is 352 cm³/mol. The van der Waals surface area contributed by atoms with Gasteiger partial charge in [-0.1, -0.05) is 142 Å². The molecule has 0 saturated carbocycles. The fourth-order valence-corrected chi connectivity index (χ4v) is 11.1. The standard InChI is InChI=1S/C70H118O23/c1-5-6-7-8-9-10-11-12-13-14-15-16-17-20-33-54(79)64(87)69-67(90)59(84)42-61(93-69)68(91)63(86)45(3)35-37-53(78)60-41-58(83)66(89)70(92-60)65(88)56(81)38-44(2)34-36-50(75)40-57(82)62(85)46(4)39-55(80)52(77)32-21-18-19-25-47(72)26-22-27-48(73)28-23-29-49(74)30-24-31-51(76)43-71/h5-7,10-15,20,23-24,28,30,33,38,46-91H,1,3,8-9,16-19,21-22,25-27,29,31-32,34-37,39-43H2,2,4H3/b7-6+,11-10+,13-12+,15-14+,28-23+,30-24+,33-20+,44-38+/t46-,47?,48?,49?,50?,51-,52?,53?,54?,55?,56+,57?,58+,59+,60+,61?,62+,63+,64?,65?,66?,67+,68?,69-,70-/m0/s1. The molecule has 93 heavy (non-hydrogen) atoms. The molecule has 0 aliphatic carbocycles. The van der Waals surface area contributed by atoms with E-state index in [9.17, 15) is 102 Å². The van der Waals surface area contributed by atoms with Gasteiger partial charge < -0.3 is 117 Å². The van der Waals surface area contributed by atoms with E-state index in [0.29, 0.717) is 63.4 Å². The monoisotopic (exact) mass is 1330 g/mol. The van der Waals surface area contributed by atoms with Crippen LogP contribution in [0.3, 0.4) is 0 Å². The van der Waals surface area contributed by atoms with Crippen LogP contribution in [0.25, 0.3) is 0 Å². The molecule has 0 aromatic carbocycles. The molecule has 0 aromatic rings.